The number of rotatable bonds is 1. The minimum Gasteiger partial charge on any atom is -0.337 e. The number of hydrogen-bond acceptors (Lipinski definition) is 3. The lowest BCUT2D eigenvalue weighted by atomic mass is 10.1. The molecule has 0 atom stereocenters. The van der Waals surface area contributed by atoms with Crippen molar-refractivity contribution in [2.75, 3.05) is 6.54 Å². The Hall–Kier alpha value is -2.45. The minimum atomic E-state index is -4.60. The van der Waals surface area contributed by atoms with Crippen molar-refractivity contribution in [2.45, 2.75) is 25.6 Å². The van der Waals surface area contributed by atoms with E-state index in [1.165, 1.54) is 6.07 Å². The Balaban J connectivity index is 1.97. The summed E-state index contributed by atoms with van der Waals surface area (Å²) in [4.78, 5) is 29.2. The van der Waals surface area contributed by atoms with Gasteiger partial charge in [0.25, 0.3) is 5.56 Å². The molecule has 3 rings (SSSR count). The molecule has 0 fully saturated rings. The van der Waals surface area contributed by atoms with Crippen LogP contribution in [0.15, 0.2) is 23.1 Å². The molecule has 23 heavy (non-hydrogen) atoms. The molecule has 122 valence electrons. The molecule has 0 N–H and O–H groups in total. The molecule has 0 spiro atoms. The average molecular weight is 329 g/mol. The van der Waals surface area contributed by atoms with Gasteiger partial charge in [-0.1, -0.05) is 0 Å². The van der Waals surface area contributed by atoms with Crippen LogP contribution in [0.5, 0.6) is 0 Å². The molecular formula is C14H11F4N3O2. The molecule has 3 heterocycles. The molecule has 1 aliphatic heterocycles. The first-order valence-corrected chi connectivity index (χ1v) is 6.79. The monoisotopic (exact) mass is 329 g/mol. The standard InChI is InChI=1S/C14H11F4N3O2/c15-8-1-2-11-19-10-3-4-20(12(22)5-14(16,17)18)7-9(10)13(23)21(11)6-8/h1-2,6H,3-5,7H2. The summed E-state index contributed by atoms with van der Waals surface area (Å²) in [5.74, 6) is -1.73. The summed E-state index contributed by atoms with van der Waals surface area (Å²) < 4.78 is 51.2. The molecule has 1 amide bonds. The second kappa shape index (κ2) is 5.32. The van der Waals surface area contributed by atoms with Gasteiger partial charge in [0.05, 0.1) is 17.8 Å². The minimum absolute atomic E-state index is 0.0612. The third kappa shape index (κ3) is 3.03. The molecule has 2 aromatic heterocycles. The highest BCUT2D eigenvalue weighted by Gasteiger charge is 2.35. The van der Waals surface area contributed by atoms with Gasteiger partial charge in [-0.25, -0.2) is 9.37 Å². The van der Waals surface area contributed by atoms with Crippen LogP contribution in [-0.4, -0.2) is 32.9 Å². The SMILES string of the molecule is O=C(CC(F)(F)F)N1CCc2nc3ccc(F)cn3c(=O)c2C1. The Morgan fingerprint density at radius 2 is 2.04 bits per heavy atom. The summed E-state index contributed by atoms with van der Waals surface area (Å²) in [7, 11) is 0. The van der Waals surface area contributed by atoms with Crippen LogP contribution in [0.1, 0.15) is 17.7 Å². The van der Waals surface area contributed by atoms with E-state index in [2.05, 4.69) is 4.98 Å². The fraction of sp³-hybridized carbons (Fsp3) is 0.357. The van der Waals surface area contributed by atoms with Crippen LogP contribution in [0.3, 0.4) is 0 Å². The first kappa shape index (κ1) is 15.4. The van der Waals surface area contributed by atoms with Gasteiger partial charge in [0.2, 0.25) is 5.91 Å². The van der Waals surface area contributed by atoms with E-state index in [0.717, 1.165) is 21.6 Å². The number of amides is 1. The zero-order chi connectivity index (χ0) is 16.8. The summed E-state index contributed by atoms with van der Waals surface area (Å²) in [6.45, 7) is -0.193. The van der Waals surface area contributed by atoms with Crippen LogP contribution in [0, 0.1) is 5.82 Å². The van der Waals surface area contributed by atoms with Crippen molar-refractivity contribution in [3.63, 3.8) is 0 Å². The number of nitrogens with zero attached hydrogens (tertiary/aromatic N) is 3. The average Bonchev–Trinajstić information content (AvgIpc) is 2.46. The van der Waals surface area contributed by atoms with Gasteiger partial charge in [0.1, 0.15) is 17.9 Å². The number of carbonyl (C=O) groups excluding carboxylic acids is 1. The van der Waals surface area contributed by atoms with E-state index in [0.29, 0.717) is 5.69 Å². The summed E-state index contributed by atoms with van der Waals surface area (Å²) >= 11 is 0. The number of carbonyl (C=O) groups is 1. The number of fused-ring (bicyclic) bond motifs is 2. The third-order valence-corrected chi connectivity index (χ3v) is 3.64. The van der Waals surface area contributed by atoms with Gasteiger partial charge in [0.15, 0.2) is 0 Å². The zero-order valence-corrected chi connectivity index (χ0v) is 11.7. The number of halogens is 4. The Labute approximate surface area is 127 Å². The van der Waals surface area contributed by atoms with E-state index in [9.17, 15) is 27.2 Å². The second-order valence-corrected chi connectivity index (χ2v) is 5.27. The molecule has 2 aromatic rings. The molecule has 0 radical (unpaired) electrons. The van der Waals surface area contributed by atoms with Crippen LogP contribution in [0.2, 0.25) is 0 Å². The summed E-state index contributed by atoms with van der Waals surface area (Å²) in [6, 6.07) is 2.51. The van der Waals surface area contributed by atoms with E-state index < -0.39 is 29.9 Å². The van der Waals surface area contributed by atoms with Crippen LogP contribution in [0.25, 0.3) is 5.65 Å². The Bertz CT molecular complexity index is 844. The van der Waals surface area contributed by atoms with E-state index >= 15 is 0 Å². The molecule has 5 nitrogen and oxygen atoms in total. The molecule has 9 heteroatoms. The van der Waals surface area contributed by atoms with Gasteiger partial charge in [-0.2, -0.15) is 13.2 Å². The first-order valence-electron chi connectivity index (χ1n) is 6.79. The van der Waals surface area contributed by atoms with E-state index in [4.69, 9.17) is 0 Å². The second-order valence-electron chi connectivity index (χ2n) is 5.27. The molecule has 0 unspecified atom stereocenters. The van der Waals surface area contributed by atoms with Crippen LogP contribution in [0.4, 0.5) is 17.6 Å². The molecule has 0 saturated carbocycles. The van der Waals surface area contributed by atoms with Gasteiger partial charge in [0, 0.05) is 19.2 Å². The topological polar surface area (TPSA) is 54.7 Å². The summed E-state index contributed by atoms with van der Waals surface area (Å²) in [6.07, 6.45) is -5.03. The normalized spacial score (nSPS) is 14.9. The number of hydrogen-bond donors (Lipinski definition) is 0. The fourth-order valence-corrected chi connectivity index (χ4v) is 2.57. The maximum atomic E-state index is 13.3. The Morgan fingerprint density at radius 1 is 1.30 bits per heavy atom. The molecule has 0 aliphatic carbocycles. The van der Waals surface area contributed by atoms with Crippen molar-refractivity contribution in [1.82, 2.24) is 14.3 Å². The molecule has 0 bridgehead atoms. The smallest absolute Gasteiger partial charge is 0.337 e. The van der Waals surface area contributed by atoms with Gasteiger partial charge in [-0.05, 0) is 12.1 Å². The van der Waals surface area contributed by atoms with Crippen LogP contribution >= 0.6 is 0 Å². The van der Waals surface area contributed by atoms with E-state index in [1.807, 2.05) is 0 Å². The van der Waals surface area contributed by atoms with Gasteiger partial charge >= 0.3 is 6.18 Å². The van der Waals surface area contributed by atoms with Crippen molar-refractivity contribution >= 4 is 11.6 Å². The van der Waals surface area contributed by atoms with Gasteiger partial charge < -0.3 is 4.90 Å². The summed E-state index contributed by atoms with van der Waals surface area (Å²) in [5.41, 5.74) is 0.228. The van der Waals surface area contributed by atoms with Crippen LogP contribution in [-0.2, 0) is 17.8 Å². The van der Waals surface area contributed by atoms with Crippen molar-refractivity contribution in [2.24, 2.45) is 0 Å². The summed E-state index contributed by atoms with van der Waals surface area (Å²) in [5, 5.41) is 0. The van der Waals surface area contributed by atoms with Gasteiger partial charge in [-0.3, -0.25) is 14.0 Å². The van der Waals surface area contributed by atoms with E-state index in [-0.39, 0.29) is 30.7 Å². The third-order valence-electron chi connectivity index (χ3n) is 3.64. The molecule has 0 aromatic carbocycles. The lowest BCUT2D eigenvalue weighted by Crippen LogP contribution is -2.41. The maximum Gasteiger partial charge on any atom is 0.397 e. The van der Waals surface area contributed by atoms with Crippen molar-refractivity contribution < 1.29 is 22.4 Å². The molecule has 1 aliphatic rings. The Kier molecular flexibility index (Phi) is 3.57. The lowest BCUT2D eigenvalue weighted by Gasteiger charge is -2.28. The maximum absolute atomic E-state index is 13.3. The number of aromatic nitrogens is 2. The molecule has 0 saturated heterocycles. The largest absolute Gasteiger partial charge is 0.397 e. The number of pyridine rings is 1. The first-order chi connectivity index (χ1) is 10.7. The Morgan fingerprint density at radius 3 is 2.74 bits per heavy atom. The highest BCUT2D eigenvalue weighted by atomic mass is 19.4. The molecular weight excluding hydrogens is 318 g/mol. The van der Waals surface area contributed by atoms with Crippen LogP contribution < -0.4 is 5.56 Å². The van der Waals surface area contributed by atoms with Crippen molar-refractivity contribution in [3.8, 4) is 0 Å². The van der Waals surface area contributed by atoms with E-state index in [1.54, 1.807) is 0 Å². The lowest BCUT2D eigenvalue weighted by molar-refractivity contribution is -0.162. The fourth-order valence-electron chi connectivity index (χ4n) is 2.57. The highest BCUT2D eigenvalue weighted by Crippen LogP contribution is 2.23. The van der Waals surface area contributed by atoms with Gasteiger partial charge in [-0.15, -0.1) is 0 Å². The van der Waals surface area contributed by atoms with Crippen molar-refractivity contribution in [1.29, 1.82) is 0 Å². The predicted molar refractivity (Wildman–Crippen MR) is 71.2 cm³/mol. The van der Waals surface area contributed by atoms with Crippen molar-refractivity contribution in [3.05, 3.63) is 45.8 Å². The quantitative estimate of drug-likeness (QED) is 0.748. The highest BCUT2D eigenvalue weighted by molar-refractivity contribution is 5.77. The predicted octanol–water partition coefficient (Wildman–Crippen LogP) is 1.67. The zero-order valence-electron chi connectivity index (χ0n) is 11.7. The number of alkyl halides is 3.